The van der Waals surface area contributed by atoms with Crippen LogP contribution in [0.25, 0.3) is 0 Å². The number of amides is 1. The molecule has 5 nitrogen and oxygen atoms in total. The van der Waals surface area contributed by atoms with Crippen molar-refractivity contribution in [1.82, 2.24) is 0 Å². The average Bonchev–Trinajstić information content (AvgIpc) is 2.59. The van der Waals surface area contributed by atoms with Crippen molar-refractivity contribution in [1.29, 1.82) is 0 Å². The lowest BCUT2D eigenvalue weighted by Crippen LogP contribution is -2.37. The molecule has 0 aliphatic carbocycles. The van der Waals surface area contributed by atoms with Crippen LogP contribution < -0.4 is 9.62 Å². The number of nitrogens with one attached hydrogen (secondary N) is 1. The fraction of sp³-hybridized carbons (Fsp3) is 0.316. The van der Waals surface area contributed by atoms with E-state index >= 15 is 0 Å². The molecule has 0 aromatic heterocycles. The quantitative estimate of drug-likeness (QED) is 0.841. The molecule has 3 rings (SSSR count). The average molecular weight is 394 g/mol. The van der Waals surface area contributed by atoms with Gasteiger partial charge in [0.2, 0.25) is 5.91 Å². The molecule has 1 aliphatic rings. The molecule has 0 saturated heterocycles. The zero-order valence-corrected chi connectivity index (χ0v) is 15.8. The zero-order valence-electron chi connectivity index (χ0n) is 15.0. The van der Waals surface area contributed by atoms with E-state index in [0.29, 0.717) is 25.5 Å². The molecule has 0 unspecified atom stereocenters. The van der Waals surface area contributed by atoms with Gasteiger partial charge in [-0.2, -0.15) is 0 Å². The van der Waals surface area contributed by atoms with Gasteiger partial charge in [0.25, 0.3) is 10.0 Å². The lowest BCUT2D eigenvalue weighted by molar-refractivity contribution is -0.119. The predicted molar refractivity (Wildman–Crippen MR) is 99.1 cm³/mol. The normalized spacial score (nSPS) is 14.4. The second kappa shape index (κ2) is 7.26. The van der Waals surface area contributed by atoms with Crippen LogP contribution in [-0.2, 0) is 21.2 Å². The van der Waals surface area contributed by atoms with E-state index in [1.165, 1.54) is 6.07 Å². The van der Waals surface area contributed by atoms with Crippen molar-refractivity contribution < 1.29 is 22.0 Å². The standard InChI is InChI=1S/C19H20F2N2O3S/c1-12(2)11-23-17-7-5-15(9-13(17)3-8-19(23)24)22-27(25,26)18-10-14(20)4-6-16(18)21/h4-7,9-10,12,22H,3,8,11H2,1-2H3. The molecule has 0 saturated carbocycles. The molecule has 0 bridgehead atoms. The van der Waals surface area contributed by atoms with Crippen LogP contribution in [0.15, 0.2) is 41.3 Å². The highest BCUT2D eigenvalue weighted by Gasteiger charge is 2.26. The van der Waals surface area contributed by atoms with E-state index in [2.05, 4.69) is 4.72 Å². The number of anilines is 2. The summed E-state index contributed by atoms with van der Waals surface area (Å²) < 4.78 is 54.3. The Hall–Kier alpha value is -2.48. The summed E-state index contributed by atoms with van der Waals surface area (Å²) in [6.45, 7) is 4.60. The maximum absolute atomic E-state index is 13.8. The monoisotopic (exact) mass is 394 g/mol. The van der Waals surface area contributed by atoms with Gasteiger partial charge >= 0.3 is 0 Å². The Morgan fingerprint density at radius 2 is 1.85 bits per heavy atom. The first-order chi connectivity index (χ1) is 12.7. The summed E-state index contributed by atoms with van der Waals surface area (Å²) in [6, 6.07) is 7.08. The molecule has 2 aromatic rings. The summed E-state index contributed by atoms with van der Waals surface area (Å²) in [4.78, 5) is 13.1. The van der Waals surface area contributed by atoms with E-state index in [1.54, 1.807) is 17.0 Å². The summed E-state index contributed by atoms with van der Waals surface area (Å²) in [5, 5.41) is 0. The van der Waals surface area contributed by atoms with Crippen LogP contribution in [-0.4, -0.2) is 20.9 Å². The van der Waals surface area contributed by atoms with Gasteiger partial charge in [-0.25, -0.2) is 17.2 Å². The first kappa shape index (κ1) is 19.3. The van der Waals surface area contributed by atoms with Crippen molar-refractivity contribution >= 4 is 27.3 Å². The molecule has 1 amide bonds. The number of aryl methyl sites for hydroxylation is 1. The SMILES string of the molecule is CC(C)CN1C(=O)CCc2cc(NS(=O)(=O)c3cc(F)ccc3F)ccc21. The molecular formula is C19H20F2N2O3S. The van der Waals surface area contributed by atoms with Crippen molar-refractivity contribution in [2.24, 2.45) is 5.92 Å². The summed E-state index contributed by atoms with van der Waals surface area (Å²) in [5.41, 5.74) is 1.81. The van der Waals surface area contributed by atoms with Crippen molar-refractivity contribution in [3.05, 3.63) is 53.6 Å². The Balaban J connectivity index is 1.91. The lowest BCUT2D eigenvalue weighted by atomic mass is 9.99. The molecule has 1 aliphatic heterocycles. The molecule has 0 atom stereocenters. The highest BCUT2D eigenvalue weighted by molar-refractivity contribution is 7.92. The molecule has 0 radical (unpaired) electrons. The lowest BCUT2D eigenvalue weighted by Gasteiger charge is -2.31. The highest BCUT2D eigenvalue weighted by atomic mass is 32.2. The fourth-order valence-electron chi connectivity index (χ4n) is 3.08. The Morgan fingerprint density at radius 1 is 1.11 bits per heavy atom. The smallest absolute Gasteiger partial charge is 0.264 e. The van der Waals surface area contributed by atoms with Crippen LogP contribution in [0.1, 0.15) is 25.8 Å². The van der Waals surface area contributed by atoms with E-state index in [4.69, 9.17) is 0 Å². The number of halogens is 2. The number of nitrogens with zero attached hydrogens (tertiary/aromatic N) is 1. The maximum Gasteiger partial charge on any atom is 0.264 e. The van der Waals surface area contributed by atoms with Gasteiger partial charge in [-0.05, 0) is 54.3 Å². The van der Waals surface area contributed by atoms with Crippen molar-refractivity contribution in [3.63, 3.8) is 0 Å². The highest BCUT2D eigenvalue weighted by Crippen LogP contribution is 2.32. The van der Waals surface area contributed by atoms with Gasteiger partial charge in [-0.15, -0.1) is 0 Å². The number of sulfonamides is 1. The first-order valence-corrected chi connectivity index (χ1v) is 10.1. The number of hydrogen-bond donors (Lipinski definition) is 1. The minimum Gasteiger partial charge on any atom is -0.312 e. The third-order valence-corrected chi connectivity index (χ3v) is 5.66. The van der Waals surface area contributed by atoms with Gasteiger partial charge in [-0.1, -0.05) is 13.8 Å². The number of carbonyl (C=O) groups excluding carboxylic acids is 1. The third kappa shape index (κ3) is 4.10. The topological polar surface area (TPSA) is 66.5 Å². The van der Waals surface area contributed by atoms with Crippen molar-refractivity contribution in [3.8, 4) is 0 Å². The molecule has 144 valence electrons. The van der Waals surface area contributed by atoms with Crippen molar-refractivity contribution in [2.45, 2.75) is 31.6 Å². The van der Waals surface area contributed by atoms with E-state index in [1.807, 2.05) is 13.8 Å². The molecule has 0 fully saturated rings. The number of fused-ring (bicyclic) bond motifs is 1. The summed E-state index contributed by atoms with van der Waals surface area (Å²) >= 11 is 0. The molecular weight excluding hydrogens is 374 g/mol. The first-order valence-electron chi connectivity index (χ1n) is 8.58. The predicted octanol–water partition coefficient (Wildman–Crippen LogP) is 3.70. The minimum absolute atomic E-state index is 0.0337. The van der Waals surface area contributed by atoms with Crippen LogP contribution in [0.4, 0.5) is 20.2 Å². The summed E-state index contributed by atoms with van der Waals surface area (Å²) in [7, 11) is -4.28. The molecule has 8 heteroatoms. The van der Waals surface area contributed by atoms with Gasteiger partial charge in [0, 0.05) is 24.3 Å². The van der Waals surface area contributed by atoms with Gasteiger partial charge in [0.1, 0.15) is 16.5 Å². The summed E-state index contributed by atoms with van der Waals surface area (Å²) in [6.07, 6.45) is 0.834. The van der Waals surface area contributed by atoms with E-state index in [0.717, 1.165) is 23.4 Å². The second-order valence-corrected chi connectivity index (χ2v) is 8.57. The molecule has 1 heterocycles. The number of carbonyl (C=O) groups is 1. The molecule has 27 heavy (non-hydrogen) atoms. The van der Waals surface area contributed by atoms with Crippen LogP contribution >= 0.6 is 0 Å². The van der Waals surface area contributed by atoms with Crippen molar-refractivity contribution in [2.75, 3.05) is 16.2 Å². The molecule has 0 spiro atoms. The van der Waals surface area contributed by atoms with Crippen LogP contribution in [0.5, 0.6) is 0 Å². The third-order valence-electron chi connectivity index (χ3n) is 4.26. The van der Waals surface area contributed by atoms with Crippen LogP contribution in [0.2, 0.25) is 0 Å². The van der Waals surface area contributed by atoms with E-state index < -0.39 is 26.6 Å². The Kier molecular flexibility index (Phi) is 5.19. The van der Waals surface area contributed by atoms with E-state index in [-0.39, 0.29) is 17.5 Å². The van der Waals surface area contributed by atoms with Gasteiger partial charge in [-0.3, -0.25) is 9.52 Å². The van der Waals surface area contributed by atoms with Gasteiger partial charge in [0.05, 0.1) is 0 Å². The number of benzene rings is 2. The minimum atomic E-state index is -4.28. The zero-order chi connectivity index (χ0) is 19.8. The van der Waals surface area contributed by atoms with Crippen LogP contribution in [0.3, 0.4) is 0 Å². The maximum atomic E-state index is 13.8. The summed E-state index contributed by atoms with van der Waals surface area (Å²) in [5.74, 6) is -1.55. The largest absolute Gasteiger partial charge is 0.312 e. The van der Waals surface area contributed by atoms with Crippen LogP contribution in [0, 0.1) is 17.6 Å². The Labute approximate surface area is 157 Å². The number of rotatable bonds is 5. The number of hydrogen-bond acceptors (Lipinski definition) is 3. The Bertz CT molecular complexity index is 990. The van der Waals surface area contributed by atoms with E-state index in [9.17, 15) is 22.0 Å². The molecule has 2 aromatic carbocycles. The Morgan fingerprint density at radius 3 is 2.56 bits per heavy atom. The molecule has 1 N–H and O–H groups in total. The van der Waals surface area contributed by atoms with Gasteiger partial charge in [0.15, 0.2) is 0 Å². The fourth-order valence-corrected chi connectivity index (χ4v) is 4.22. The van der Waals surface area contributed by atoms with Gasteiger partial charge < -0.3 is 4.90 Å². The second-order valence-electron chi connectivity index (χ2n) is 6.92.